The minimum absolute atomic E-state index is 0.173. The molecule has 0 saturated carbocycles. The van der Waals surface area contributed by atoms with Crippen molar-refractivity contribution in [1.29, 1.82) is 0 Å². The Hall–Kier alpha value is -0.820. The number of nitrogens with two attached hydrogens (primary N) is 1. The van der Waals surface area contributed by atoms with Crippen molar-refractivity contribution >= 4 is 21.6 Å². The summed E-state index contributed by atoms with van der Waals surface area (Å²) in [5, 5.41) is 0.451. The fourth-order valence-corrected chi connectivity index (χ4v) is 4.44. The molecule has 1 heterocycles. The van der Waals surface area contributed by atoms with Crippen LogP contribution in [0.2, 0.25) is 5.02 Å². The van der Waals surface area contributed by atoms with Crippen LogP contribution in [0.1, 0.15) is 19.3 Å². The molecule has 1 saturated heterocycles. The van der Waals surface area contributed by atoms with Gasteiger partial charge >= 0.3 is 0 Å². The van der Waals surface area contributed by atoms with Gasteiger partial charge < -0.3 is 10.5 Å². The van der Waals surface area contributed by atoms with Crippen LogP contribution in [-0.2, 0) is 10.0 Å². The standard InChI is InChI=1S/C14H21ClN2O3S/c1-20-13-10-12(15)2-3-14(13)21(18,19)17-8-5-11(4-7-16)6-9-17/h2-3,10-11H,4-9,16H2,1H3. The van der Waals surface area contributed by atoms with E-state index in [0.717, 1.165) is 19.3 Å². The number of rotatable bonds is 5. The molecular weight excluding hydrogens is 312 g/mol. The van der Waals surface area contributed by atoms with Gasteiger partial charge in [0.25, 0.3) is 0 Å². The first-order valence-corrected chi connectivity index (χ1v) is 8.84. The Balaban J connectivity index is 2.20. The number of hydrogen-bond acceptors (Lipinski definition) is 4. The molecule has 2 N–H and O–H groups in total. The molecule has 0 spiro atoms. The predicted molar refractivity (Wildman–Crippen MR) is 83.2 cm³/mol. The van der Waals surface area contributed by atoms with Crippen molar-refractivity contribution in [2.45, 2.75) is 24.2 Å². The molecule has 0 bridgehead atoms. The quantitative estimate of drug-likeness (QED) is 0.896. The van der Waals surface area contributed by atoms with Gasteiger partial charge in [0.15, 0.2) is 0 Å². The molecule has 1 fully saturated rings. The van der Waals surface area contributed by atoms with Crippen molar-refractivity contribution in [2.24, 2.45) is 11.7 Å². The van der Waals surface area contributed by atoms with E-state index in [1.807, 2.05) is 0 Å². The highest BCUT2D eigenvalue weighted by Gasteiger charge is 2.31. The summed E-state index contributed by atoms with van der Waals surface area (Å²) in [4.78, 5) is 0.173. The third kappa shape index (κ3) is 3.69. The normalized spacial score (nSPS) is 17.9. The molecule has 0 unspecified atom stereocenters. The Labute approximate surface area is 131 Å². The molecule has 5 nitrogen and oxygen atoms in total. The van der Waals surface area contributed by atoms with Crippen LogP contribution in [0.15, 0.2) is 23.1 Å². The van der Waals surface area contributed by atoms with Gasteiger partial charge in [-0.2, -0.15) is 4.31 Å². The number of methoxy groups -OCH3 is 1. The number of benzene rings is 1. The van der Waals surface area contributed by atoms with Gasteiger partial charge in [0.1, 0.15) is 10.6 Å². The van der Waals surface area contributed by atoms with E-state index in [1.165, 1.54) is 23.5 Å². The fraction of sp³-hybridized carbons (Fsp3) is 0.571. The van der Waals surface area contributed by atoms with E-state index >= 15 is 0 Å². The molecule has 0 aromatic heterocycles. The number of sulfonamides is 1. The van der Waals surface area contributed by atoms with Crippen LogP contribution in [0.3, 0.4) is 0 Å². The van der Waals surface area contributed by atoms with E-state index in [2.05, 4.69) is 0 Å². The number of ether oxygens (including phenoxy) is 1. The maximum atomic E-state index is 12.7. The molecule has 0 aliphatic carbocycles. The molecule has 0 radical (unpaired) electrons. The molecule has 21 heavy (non-hydrogen) atoms. The summed E-state index contributed by atoms with van der Waals surface area (Å²) in [5.74, 6) is 0.806. The molecule has 1 aromatic rings. The van der Waals surface area contributed by atoms with E-state index in [1.54, 1.807) is 6.07 Å². The lowest BCUT2D eigenvalue weighted by Gasteiger charge is -2.31. The Morgan fingerprint density at radius 2 is 2.05 bits per heavy atom. The second-order valence-corrected chi connectivity index (χ2v) is 7.56. The van der Waals surface area contributed by atoms with Gasteiger partial charge in [0.2, 0.25) is 10.0 Å². The highest BCUT2D eigenvalue weighted by molar-refractivity contribution is 7.89. The smallest absolute Gasteiger partial charge is 0.246 e. The molecule has 1 aliphatic rings. The zero-order valence-corrected chi connectivity index (χ0v) is 13.7. The third-order valence-electron chi connectivity index (χ3n) is 3.89. The molecule has 0 atom stereocenters. The summed E-state index contributed by atoms with van der Waals surface area (Å²) in [7, 11) is -2.10. The van der Waals surface area contributed by atoms with Gasteiger partial charge in [-0.15, -0.1) is 0 Å². The van der Waals surface area contributed by atoms with Crippen LogP contribution in [-0.4, -0.2) is 39.5 Å². The first-order valence-electron chi connectivity index (χ1n) is 7.02. The van der Waals surface area contributed by atoms with Crippen LogP contribution < -0.4 is 10.5 Å². The molecule has 2 rings (SSSR count). The second-order valence-electron chi connectivity index (χ2n) is 5.22. The zero-order valence-electron chi connectivity index (χ0n) is 12.1. The van der Waals surface area contributed by atoms with Gasteiger partial charge in [-0.3, -0.25) is 0 Å². The van der Waals surface area contributed by atoms with Crippen LogP contribution >= 0.6 is 11.6 Å². The van der Waals surface area contributed by atoms with E-state index in [-0.39, 0.29) is 10.6 Å². The van der Waals surface area contributed by atoms with Crippen molar-refractivity contribution in [3.05, 3.63) is 23.2 Å². The monoisotopic (exact) mass is 332 g/mol. The van der Waals surface area contributed by atoms with Crippen LogP contribution in [0, 0.1) is 5.92 Å². The number of hydrogen-bond donors (Lipinski definition) is 1. The average Bonchev–Trinajstić information content (AvgIpc) is 2.47. The van der Waals surface area contributed by atoms with E-state index < -0.39 is 10.0 Å². The van der Waals surface area contributed by atoms with Gasteiger partial charge in [0, 0.05) is 24.2 Å². The Morgan fingerprint density at radius 1 is 1.38 bits per heavy atom. The summed E-state index contributed by atoms with van der Waals surface area (Å²) in [6.07, 6.45) is 2.66. The minimum Gasteiger partial charge on any atom is -0.495 e. The average molecular weight is 333 g/mol. The molecule has 0 amide bonds. The molecule has 118 valence electrons. The van der Waals surface area contributed by atoms with E-state index in [0.29, 0.717) is 30.6 Å². The number of halogens is 1. The van der Waals surface area contributed by atoms with Gasteiger partial charge in [-0.1, -0.05) is 11.6 Å². The minimum atomic E-state index is -3.54. The van der Waals surface area contributed by atoms with Crippen molar-refractivity contribution in [3.8, 4) is 5.75 Å². The van der Waals surface area contributed by atoms with E-state index in [9.17, 15) is 8.42 Å². The largest absolute Gasteiger partial charge is 0.495 e. The summed E-state index contributed by atoms with van der Waals surface area (Å²) >= 11 is 5.89. The number of nitrogens with zero attached hydrogens (tertiary/aromatic N) is 1. The molecule has 1 aromatic carbocycles. The maximum absolute atomic E-state index is 12.7. The summed E-state index contributed by atoms with van der Waals surface area (Å²) in [5.41, 5.74) is 5.56. The first kappa shape index (κ1) is 16.5. The molecular formula is C14H21ClN2O3S. The van der Waals surface area contributed by atoms with Crippen LogP contribution in [0.5, 0.6) is 5.75 Å². The maximum Gasteiger partial charge on any atom is 0.246 e. The summed E-state index contributed by atoms with van der Waals surface area (Å²) in [6.45, 7) is 1.71. The lowest BCUT2D eigenvalue weighted by atomic mass is 9.95. The Morgan fingerprint density at radius 3 is 2.62 bits per heavy atom. The Bertz CT molecular complexity index is 584. The predicted octanol–water partition coefficient (Wildman–Crippen LogP) is 2.10. The zero-order chi connectivity index (χ0) is 15.5. The summed E-state index contributed by atoms with van der Waals surface area (Å²) < 4.78 is 32.1. The fourth-order valence-electron chi connectivity index (χ4n) is 2.67. The van der Waals surface area contributed by atoms with Crippen molar-refractivity contribution < 1.29 is 13.2 Å². The molecule has 7 heteroatoms. The highest BCUT2D eigenvalue weighted by Crippen LogP contribution is 2.32. The lowest BCUT2D eigenvalue weighted by molar-refractivity contribution is 0.265. The molecule has 1 aliphatic heterocycles. The van der Waals surface area contributed by atoms with Crippen LogP contribution in [0.25, 0.3) is 0 Å². The highest BCUT2D eigenvalue weighted by atomic mass is 35.5. The lowest BCUT2D eigenvalue weighted by Crippen LogP contribution is -2.38. The topological polar surface area (TPSA) is 72.6 Å². The summed E-state index contributed by atoms with van der Waals surface area (Å²) in [6, 6.07) is 4.59. The van der Waals surface area contributed by atoms with Gasteiger partial charge in [-0.05, 0) is 43.9 Å². The van der Waals surface area contributed by atoms with Crippen molar-refractivity contribution in [2.75, 3.05) is 26.7 Å². The second kappa shape index (κ2) is 6.96. The van der Waals surface area contributed by atoms with Crippen molar-refractivity contribution in [3.63, 3.8) is 0 Å². The SMILES string of the molecule is COc1cc(Cl)ccc1S(=O)(=O)N1CCC(CCN)CC1. The van der Waals surface area contributed by atoms with Gasteiger partial charge in [-0.25, -0.2) is 8.42 Å². The van der Waals surface area contributed by atoms with E-state index in [4.69, 9.17) is 22.1 Å². The van der Waals surface area contributed by atoms with Crippen molar-refractivity contribution in [1.82, 2.24) is 4.31 Å². The van der Waals surface area contributed by atoms with Crippen LogP contribution in [0.4, 0.5) is 0 Å². The number of piperidine rings is 1. The third-order valence-corrected chi connectivity index (χ3v) is 6.07. The Kier molecular flexibility index (Phi) is 5.48. The van der Waals surface area contributed by atoms with Gasteiger partial charge in [0.05, 0.1) is 7.11 Å². The first-order chi connectivity index (χ1) is 9.98.